The van der Waals surface area contributed by atoms with Crippen molar-refractivity contribution in [3.8, 4) is 12.3 Å². The Labute approximate surface area is 65.1 Å². The van der Waals surface area contributed by atoms with Crippen LogP contribution in [0.4, 0.5) is 0 Å². The second kappa shape index (κ2) is 2.85. The van der Waals surface area contributed by atoms with Crippen molar-refractivity contribution in [2.45, 2.75) is 19.8 Å². The third-order valence-corrected chi connectivity index (χ3v) is 2.54. The van der Waals surface area contributed by atoms with E-state index in [1.807, 2.05) is 19.4 Å². The standard InChI is InChI=1S/C8H9NS/c1-4-6(2)8-7(3)9-5-10-8/h1,5-6H,2-3H3/t6-/m0/s1. The Hall–Kier alpha value is -0.810. The van der Waals surface area contributed by atoms with E-state index in [9.17, 15) is 0 Å². The van der Waals surface area contributed by atoms with Gasteiger partial charge in [0.2, 0.25) is 0 Å². The van der Waals surface area contributed by atoms with E-state index in [2.05, 4.69) is 10.9 Å². The molecule has 1 rings (SSSR count). The van der Waals surface area contributed by atoms with Crippen molar-refractivity contribution in [3.63, 3.8) is 0 Å². The number of terminal acetylenes is 1. The summed E-state index contributed by atoms with van der Waals surface area (Å²) in [4.78, 5) is 5.32. The molecule has 0 spiro atoms. The minimum atomic E-state index is 0.215. The summed E-state index contributed by atoms with van der Waals surface area (Å²) in [5.41, 5.74) is 2.90. The number of aryl methyl sites for hydroxylation is 1. The molecule has 0 aromatic carbocycles. The summed E-state index contributed by atoms with van der Waals surface area (Å²) < 4.78 is 0. The van der Waals surface area contributed by atoms with E-state index in [-0.39, 0.29) is 5.92 Å². The molecule has 0 unspecified atom stereocenters. The average Bonchev–Trinajstić information content (AvgIpc) is 2.34. The lowest BCUT2D eigenvalue weighted by molar-refractivity contribution is 1.01. The highest BCUT2D eigenvalue weighted by atomic mass is 32.1. The van der Waals surface area contributed by atoms with Gasteiger partial charge in [0.15, 0.2) is 0 Å². The molecular formula is C8H9NS. The molecule has 0 radical (unpaired) electrons. The Bertz CT molecular complexity index is 256. The highest BCUT2D eigenvalue weighted by molar-refractivity contribution is 7.09. The topological polar surface area (TPSA) is 12.9 Å². The monoisotopic (exact) mass is 151 g/mol. The van der Waals surface area contributed by atoms with Crippen LogP contribution in [0.5, 0.6) is 0 Å². The number of nitrogens with zero attached hydrogens (tertiary/aromatic N) is 1. The Balaban J connectivity index is 2.96. The van der Waals surface area contributed by atoms with Gasteiger partial charge in [0.1, 0.15) is 0 Å². The van der Waals surface area contributed by atoms with Gasteiger partial charge in [0.25, 0.3) is 0 Å². The van der Waals surface area contributed by atoms with Crippen LogP contribution in [0.25, 0.3) is 0 Å². The fraction of sp³-hybridized carbons (Fsp3) is 0.375. The van der Waals surface area contributed by atoms with Crippen molar-refractivity contribution >= 4 is 11.3 Å². The first kappa shape index (κ1) is 7.30. The van der Waals surface area contributed by atoms with E-state index in [1.165, 1.54) is 4.88 Å². The van der Waals surface area contributed by atoms with Crippen molar-refractivity contribution in [1.82, 2.24) is 4.98 Å². The van der Waals surface area contributed by atoms with E-state index < -0.39 is 0 Å². The number of rotatable bonds is 1. The molecule has 2 heteroatoms. The summed E-state index contributed by atoms with van der Waals surface area (Å²) in [6.45, 7) is 4.00. The lowest BCUT2D eigenvalue weighted by Crippen LogP contribution is -1.87. The van der Waals surface area contributed by atoms with Gasteiger partial charge >= 0.3 is 0 Å². The molecule has 1 atom stereocenters. The zero-order valence-corrected chi connectivity index (χ0v) is 6.90. The van der Waals surface area contributed by atoms with Gasteiger partial charge in [-0.15, -0.1) is 17.8 Å². The summed E-state index contributed by atoms with van der Waals surface area (Å²) in [5.74, 6) is 2.89. The SMILES string of the molecule is C#C[C@H](C)c1scnc1C. The van der Waals surface area contributed by atoms with Crippen LogP contribution in [-0.4, -0.2) is 4.98 Å². The van der Waals surface area contributed by atoms with Crippen LogP contribution >= 0.6 is 11.3 Å². The third kappa shape index (κ3) is 1.19. The third-order valence-electron chi connectivity index (χ3n) is 1.43. The Morgan fingerprint density at radius 3 is 2.90 bits per heavy atom. The van der Waals surface area contributed by atoms with E-state index in [0.717, 1.165) is 5.69 Å². The first-order valence-electron chi connectivity index (χ1n) is 3.12. The summed E-state index contributed by atoms with van der Waals surface area (Å²) in [6.07, 6.45) is 5.26. The maximum absolute atomic E-state index is 5.26. The van der Waals surface area contributed by atoms with Gasteiger partial charge in [-0.25, -0.2) is 4.98 Å². The quantitative estimate of drug-likeness (QED) is 0.561. The van der Waals surface area contributed by atoms with Gasteiger partial charge in [-0.3, -0.25) is 0 Å². The Morgan fingerprint density at radius 1 is 1.80 bits per heavy atom. The van der Waals surface area contributed by atoms with Crippen LogP contribution in [0.1, 0.15) is 23.4 Å². The number of hydrogen-bond acceptors (Lipinski definition) is 2. The maximum Gasteiger partial charge on any atom is 0.0798 e. The van der Waals surface area contributed by atoms with Crippen molar-refractivity contribution in [2.24, 2.45) is 0 Å². The molecule has 1 aromatic rings. The van der Waals surface area contributed by atoms with Crippen LogP contribution in [0.3, 0.4) is 0 Å². The molecule has 0 bridgehead atoms. The molecule has 10 heavy (non-hydrogen) atoms. The Morgan fingerprint density at radius 2 is 2.50 bits per heavy atom. The largest absolute Gasteiger partial charge is 0.250 e. The Kier molecular flexibility index (Phi) is 2.08. The van der Waals surface area contributed by atoms with Crippen LogP contribution < -0.4 is 0 Å². The number of thiazole rings is 1. The van der Waals surface area contributed by atoms with E-state index >= 15 is 0 Å². The zero-order valence-electron chi connectivity index (χ0n) is 6.09. The van der Waals surface area contributed by atoms with Gasteiger partial charge < -0.3 is 0 Å². The summed E-state index contributed by atoms with van der Waals surface area (Å²) >= 11 is 1.63. The fourth-order valence-corrected chi connectivity index (χ4v) is 1.62. The molecule has 1 nitrogen and oxygen atoms in total. The summed E-state index contributed by atoms with van der Waals surface area (Å²) in [5, 5.41) is 0. The van der Waals surface area contributed by atoms with Gasteiger partial charge in [-0.05, 0) is 13.8 Å². The normalized spacial score (nSPS) is 12.5. The van der Waals surface area contributed by atoms with Crippen molar-refractivity contribution in [1.29, 1.82) is 0 Å². The molecule has 0 saturated heterocycles. The molecule has 0 fully saturated rings. The van der Waals surface area contributed by atoms with Gasteiger partial charge in [-0.2, -0.15) is 0 Å². The molecule has 1 heterocycles. The molecule has 52 valence electrons. The average molecular weight is 151 g/mol. The van der Waals surface area contributed by atoms with Crippen LogP contribution in [0, 0.1) is 19.3 Å². The summed E-state index contributed by atoms with van der Waals surface area (Å²) in [6, 6.07) is 0. The highest BCUT2D eigenvalue weighted by Crippen LogP contribution is 2.21. The van der Waals surface area contributed by atoms with Gasteiger partial charge in [0, 0.05) is 4.88 Å². The molecular weight excluding hydrogens is 142 g/mol. The van der Waals surface area contributed by atoms with Crippen LogP contribution in [0.15, 0.2) is 5.51 Å². The van der Waals surface area contributed by atoms with Crippen LogP contribution in [0.2, 0.25) is 0 Å². The predicted octanol–water partition coefficient (Wildman–Crippen LogP) is 2.19. The molecule has 0 amide bonds. The molecule has 0 aliphatic rings. The first-order chi connectivity index (χ1) is 4.75. The lowest BCUT2D eigenvalue weighted by atomic mass is 10.1. The molecule has 0 saturated carbocycles. The molecule has 0 N–H and O–H groups in total. The van der Waals surface area contributed by atoms with Crippen molar-refractivity contribution < 1.29 is 0 Å². The van der Waals surface area contributed by atoms with E-state index in [1.54, 1.807) is 11.3 Å². The molecule has 1 aromatic heterocycles. The van der Waals surface area contributed by atoms with Gasteiger partial charge in [-0.1, -0.05) is 5.92 Å². The number of aromatic nitrogens is 1. The molecule has 0 aliphatic carbocycles. The smallest absolute Gasteiger partial charge is 0.0798 e. The fourth-order valence-electron chi connectivity index (χ4n) is 0.802. The predicted molar refractivity (Wildman–Crippen MR) is 44.1 cm³/mol. The second-order valence-electron chi connectivity index (χ2n) is 2.19. The van der Waals surface area contributed by atoms with Crippen LogP contribution in [-0.2, 0) is 0 Å². The maximum atomic E-state index is 5.26. The van der Waals surface area contributed by atoms with E-state index in [4.69, 9.17) is 6.42 Å². The zero-order chi connectivity index (χ0) is 7.56. The highest BCUT2D eigenvalue weighted by Gasteiger charge is 2.06. The molecule has 0 aliphatic heterocycles. The summed E-state index contributed by atoms with van der Waals surface area (Å²) in [7, 11) is 0. The first-order valence-corrected chi connectivity index (χ1v) is 3.99. The minimum Gasteiger partial charge on any atom is -0.250 e. The van der Waals surface area contributed by atoms with Crippen molar-refractivity contribution in [2.75, 3.05) is 0 Å². The van der Waals surface area contributed by atoms with Gasteiger partial charge in [0.05, 0.1) is 17.1 Å². The van der Waals surface area contributed by atoms with E-state index in [0.29, 0.717) is 0 Å². The second-order valence-corrected chi connectivity index (χ2v) is 3.08. The van der Waals surface area contributed by atoms with Crippen molar-refractivity contribution in [3.05, 3.63) is 16.1 Å². The lowest BCUT2D eigenvalue weighted by Gasteiger charge is -1.98. The number of hydrogen-bond donors (Lipinski definition) is 0. The minimum absolute atomic E-state index is 0.215.